The molecule has 6 heteroatoms. The zero-order valence-electron chi connectivity index (χ0n) is 14.0. The number of rotatable bonds is 5. The van der Waals surface area contributed by atoms with E-state index in [1.54, 1.807) is 13.0 Å². The number of hydrogen-bond donors (Lipinski definition) is 1. The van der Waals surface area contributed by atoms with Crippen LogP contribution in [-0.2, 0) is 12.6 Å². The van der Waals surface area contributed by atoms with Crippen molar-refractivity contribution < 1.29 is 18.0 Å². The summed E-state index contributed by atoms with van der Waals surface area (Å²) >= 11 is 6.12. The molecule has 1 amide bonds. The van der Waals surface area contributed by atoms with Gasteiger partial charge in [-0.25, -0.2) is 0 Å². The second-order valence-corrected chi connectivity index (χ2v) is 6.50. The minimum Gasteiger partial charge on any atom is -0.336 e. The predicted molar refractivity (Wildman–Crippen MR) is 95.9 cm³/mol. The maximum absolute atomic E-state index is 12.6. The molecule has 0 aliphatic heterocycles. The van der Waals surface area contributed by atoms with Crippen molar-refractivity contribution in [3.05, 3.63) is 70.2 Å². The van der Waals surface area contributed by atoms with Crippen LogP contribution < -0.4 is 5.32 Å². The molecular weight excluding hydrogens is 363 g/mol. The first-order valence-electron chi connectivity index (χ1n) is 7.85. The minimum atomic E-state index is -4.45. The summed E-state index contributed by atoms with van der Waals surface area (Å²) in [6, 6.07) is 11.3. The molecular formula is C20H17ClF3NO. The van der Waals surface area contributed by atoms with Crippen LogP contribution in [0.1, 0.15) is 34.8 Å². The molecule has 1 N–H and O–H groups in total. The van der Waals surface area contributed by atoms with Gasteiger partial charge < -0.3 is 5.32 Å². The standard InChI is InChI=1S/C20H17ClF3NO/c1-3-19(2,13-12-14-6-4-5-7-17(14)21)25-18(26)15-8-10-16(11-9-15)20(22,23)24/h1,4-11H,12-13H2,2H3,(H,25,26). The van der Waals surface area contributed by atoms with E-state index in [2.05, 4.69) is 11.2 Å². The first-order valence-corrected chi connectivity index (χ1v) is 8.23. The number of carbonyl (C=O) groups is 1. The van der Waals surface area contributed by atoms with Crippen LogP contribution in [0, 0.1) is 12.3 Å². The SMILES string of the molecule is C#CC(C)(CCc1ccccc1Cl)NC(=O)c1ccc(C(F)(F)F)cc1. The molecule has 2 rings (SSSR count). The van der Waals surface area contributed by atoms with Gasteiger partial charge >= 0.3 is 6.18 Å². The van der Waals surface area contributed by atoms with Crippen LogP contribution in [0.25, 0.3) is 0 Å². The van der Waals surface area contributed by atoms with Crippen molar-refractivity contribution in [1.29, 1.82) is 0 Å². The molecule has 0 spiro atoms. The summed E-state index contributed by atoms with van der Waals surface area (Å²) in [5.74, 6) is 2.02. The van der Waals surface area contributed by atoms with Crippen LogP contribution in [-0.4, -0.2) is 11.4 Å². The number of amides is 1. The lowest BCUT2D eigenvalue weighted by Crippen LogP contribution is -2.45. The molecule has 26 heavy (non-hydrogen) atoms. The Morgan fingerprint density at radius 2 is 1.77 bits per heavy atom. The first kappa shape index (κ1) is 19.9. The maximum Gasteiger partial charge on any atom is 0.416 e. The molecule has 0 saturated carbocycles. The minimum absolute atomic E-state index is 0.109. The third-order valence-corrected chi connectivity index (χ3v) is 4.40. The van der Waals surface area contributed by atoms with Crippen LogP contribution >= 0.6 is 11.6 Å². The normalized spacial score (nSPS) is 13.5. The van der Waals surface area contributed by atoms with Gasteiger partial charge in [0, 0.05) is 10.6 Å². The van der Waals surface area contributed by atoms with Crippen LogP contribution in [0.2, 0.25) is 5.02 Å². The predicted octanol–water partition coefficient (Wildman–Crippen LogP) is 5.11. The topological polar surface area (TPSA) is 29.1 Å². The molecule has 0 aliphatic carbocycles. The second kappa shape index (κ2) is 7.84. The van der Waals surface area contributed by atoms with Crippen LogP contribution in [0.4, 0.5) is 13.2 Å². The van der Waals surface area contributed by atoms with Crippen LogP contribution in [0.5, 0.6) is 0 Å². The lowest BCUT2D eigenvalue weighted by molar-refractivity contribution is -0.137. The molecule has 0 aromatic heterocycles. The summed E-state index contributed by atoms with van der Waals surface area (Å²) in [7, 11) is 0. The molecule has 2 nitrogen and oxygen atoms in total. The molecule has 2 aromatic carbocycles. The highest BCUT2D eigenvalue weighted by molar-refractivity contribution is 6.31. The summed E-state index contributed by atoms with van der Waals surface area (Å²) < 4.78 is 37.8. The number of aryl methyl sites for hydroxylation is 1. The molecule has 0 radical (unpaired) electrons. The van der Waals surface area contributed by atoms with E-state index in [1.807, 2.05) is 18.2 Å². The van der Waals surface area contributed by atoms with Gasteiger partial charge in [0.15, 0.2) is 0 Å². The number of halogens is 4. The van der Waals surface area contributed by atoms with E-state index in [0.29, 0.717) is 17.9 Å². The highest BCUT2D eigenvalue weighted by Gasteiger charge is 2.30. The van der Waals surface area contributed by atoms with Gasteiger partial charge in [-0.2, -0.15) is 13.2 Å². The fourth-order valence-corrected chi connectivity index (χ4v) is 2.62. The van der Waals surface area contributed by atoms with Crippen molar-refractivity contribution in [2.45, 2.75) is 31.5 Å². The van der Waals surface area contributed by atoms with Gasteiger partial charge in [0.05, 0.1) is 11.1 Å². The van der Waals surface area contributed by atoms with Gasteiger partial charge in [-0.3, -0.25) is 4.79 Å². The highest BCUT2D eigenvalue weighted by Crippen LogP contribution is 2.29. The van der Waals surface area contributed by atoms with E-state index in [9.17, 15) is 18.0 Å². The van der Waals surface area contributed by atoms with E-state index >= 15 is 0 Å². The molecule has 0 fully saturated rings. The summed E-state index contributed by atoms with van der Waals surface area (Å²) in [5, 5.41) is 3.32. The van der Waals surface area contributed by atoms with Gasteiger partial charge in [0.25, 0.3) is 5.91 Å². The van der Waals surface area contributed by atoms with E-state index < -0.39 is 23.2 Å². The van der Waals surface area contributed by atoms with E-state index in [-0.39, 0.29) is 5.56 Å². The van der Waals surface area contributed by atoms with Gasteiger partial charge in [-0.1, -0.05) is 35.7 Å². The molecule has 136 valence electrons. The van der Waals surface area contributed by atoms with E-state index in [4.69, 9.17) is 18.0 Å². The zero-order chi connectivity index (χ0) is 19.4. The second-order valence-electron chi connectivity index (χ2n) is 6.10. The van der Waals surface area contributed by atoms with Crippen LogP contribution in [0.3, 0.4) is 0 Å². The number of alkyl halides is 3. The maximum atomic E-state index is 12.6. The third-order valence-electron chi connectivity index (χ3n) is 4.03. The Hall–Kier alpha value is -2.45. The Bertz CT molecular complexity index is 824. The number of terminal acetylenes is 1. The molecule has 2 aromatic rings. The summed E-state index contributed by atoms with van der Waals surface area (Å²) in [6.07, 6.45) is 2.10. The average molecular weight is 380 g/mol. The largest absolute Gasteiger partial charge is 0.416 e. The molecule has 0 bridgehead atoms. The lowest BCUT2D eigenvalue weighted by Gasteiger charge is -2.25. The number of benzene rings is 2. The Balaban J connectivity index is 2.07. The quantitative estimate of drug-likeness (QED) is 0.718. The number of carbonyl (C=O) groups excluding carboxylic acids is 1. The molecule has 0 heterocycles. The van der Waals surface area contributed by atoms with Crippen molar-refractivity contribution in [2.24, 2.45) is 0 Å². The van der Waals surface area contributed by atoms with Gasteiger partial charge in [0.1, 0.15) is 0 Å². The van der Waals surface area contributed by atoms with Crippen molar-refractivity contribution >= 4 is 17.5 Å². The lowest BCUT2D eigenvalue weighted by atomic mass is 9.93. The van der Waals surface area contributed by atoms with Gasteiger partial charge in [-0.05, 0) is 55.7 Å². The Kier molecular flexibility index (Phi) is 5.99. The smallest absolute Gasteiger partial charge is 0.336 e. The fraction of sp³-hybridized carbons (Fsp3) is 0.250. The van der Waals surface area contributed by atoms with E-state index in [1.165, 1.54) is 0 Å². The zero-order valence-corrected chi connectivity index (χ0v) is 14.8. The monoisotopic (exact) mass is 379 g/mol. The van der Waals surface area contributed by atoms with Gasteiger partial charge in [-0.15, -0.1) is 6.42 Å². The van der Waals surface area contributed by atoms with Crippen molar-refractivity contribution in [3.63, 3.8) is 0 Å². The van der Waals surface area contributed by atoms with Gasteiger partial charge in [0.2, 0.25) is 0 Å². The Labute approximate surface area is 155 Å². The fourth-order valence-electron chi connectivity index (χ4n) is 2.39. The van der Waals surface area contributed by atoms with E-state index in [0.717, 1.165) is 29.8 Å². The van der Waals surface area contributed by atoms with Crippen molar-refractivity contribution in [1.82, 2.24) is 5.32 Å². The Morgan fingerprint density at radius 1 is 1.15 bits per heavy atom. The average Bonchev–Trinajstić information content (AvgIpc) is 2.60. The third kappa shape index (κ3) is 5.03. The van der Waals surface area contributed by atoms with Crippen LogP contribution in [0.15, 0.2) is 48.5 Å². The molecule has 1 unspecified atom stereocenters. The highest BCUT2D eigenvalue weighted by atomic mass is 35.5. The Morgan fingerprint density at radius 3 is 2.31 bits per heavy atom. The molecule has 0 aliphatic rings. The number of nitrogens with one attached hydrogen (secondary N) is 1. The summed E-state index contributed by atoms with van der Waals surface area (Å²) in [6.45, 7) is 1.69. The van der Waals surface area contributed by atoms with Crippen molar-refractivity contribution in [2.75, 3.05) is 0 Å². The summed E-state index contributed by atoms with van der Waals surface area (Å²) in [4.78, 5) is 12.3. The molecule has 1 atom stereocenters. The van der Waals surface area contributed by atoms with Crippen molar-refractivity contribution in [3.8, 4) is 12.3 Å². The summed E-state index contributed by atoms with van der Waals surface area (Å²) in [5.41, 5.74) is -0.761. The molecule has 0 saturated heterocycles. The number of hydrogen-bond acceptors (Lipinski definition) is 1. The first-order chi connectivity index (χ1) is 12.1.